The Kier molecular flexibility index (Phi) is 6.98. The van der Waals surface area contributed by atoms with Gasteiger partial charge < -0.3 is 9.84 Å². The molecule has 0 aliphatic rings. The molecule has 0 aliphatic carbocycles. The number of terminal acetylenes is 1. The molecule has 0 aliphatic heterocycles. The molecule has 21 heavy (non-hydrogen) atoms. The Bertz CT molecular complexity index is 475. The lowest BCUT2D eigenvalue weighted by atomic mass is 9.95. The van der Waals surface area contributed by atoms with Crippen LogP contribution in [-0.4, -0.2) is 23.3 Å². The molecule has 1 aromatic carbocycles. The number of carboxylic acid groups (broad SMARTS) is 1. The highest BCUT2D eigenvalue weighted by Gasteiger charge is 2.25. The van der Waals surface area contributed by atoms with Crippen molar-refractivity contribution in [3.05, 3.63) is 35.9 Å². The summed E-state index contributed by atoms with van der Waals surface area (Å²) in [6.45, 7) is 5.44. The van der Waals surface area contributed by atoms with Crippen molar-refractivity contribution in [1.82, 2.24) is 0 Å². The minimum atomic E-state index is -0.866. The van der Waals surface area contributed by atoms with Crippen LogP contribution in [0.2, 0.25) is 0 Å². The molecule has 4 atom stereocenters. The molecule has 0 saturated heterocycles. The third kappa shape index (κ3) is 5.61. The smallest absolute Gasteiger partial charge is 0.308 e. The highest BCUT2D eigenvalue weighted by molar-refractivity contribution is 5.70. The zero-order valence-electron chi connectivity index (χ0n) is 13.0. The molecule has 0 radical (unpaired) electrons. The maximum absolute atomic E-state index is 11.0. The number of ether oxygens (including phenoxy) is 1. The Balaban J connectivity index is 2.51. The van der Waals surface area contributed by atoms with E-state index >= 15 is 0 Å². The molecular formula is C18H24O3. The summed E-state index contributed by atoms with van der Waals surface area (Å²) in [5, 5.41) is 9.00. The molecule has 0 amide bonds. The Morgan fingerprint density at radius 1 is 1.29 bits per heavy atom. The summed E-state index contributed by atoms with van der Waals surface area (Å²) in [5.74, 6) is 1.39. The average Bonchev–Trinajstić information content (AvgIpc) is 2.50. The summed E-state index contributed by atoms with van der Waals surface area (Å²) in [5.41, 5.74) is 1.27. The van der Waals surface area contributed by atoms with Crippen LogP contribution in [0.4, 0.5) is 0 Å². The van der Waals surface area contributed by atoms with E-state index in [0.29, 0.717) is 0 Å². The van der Waals surface area contributed by atoms with Gasteiger partial charge in [0.15, 0.2) is 0 Å². The van der Waals surface area contributed by atoms with Crippen LogP contribution in [-0.2, 0) is 16.0 Å². The molecule has 0 aromatic heterocycles. The lowest BCUT2D eigenvalue weighted by molar-refractivity contribution is -0.147. The monoisotopic (exact) mass is 288 g/mol. The van der Waals surface area contributed by atoms with Gasteiger partial charge in [0.2, 0.25) is 0 Å². The Hall–Kier alpha value is -1.79. The number of rotatable bonds is 8. The second kappa shape index (κ2) is 8.49. The van der Waals surface area contributed by atoms with Gasteiger partial charge in [-0.3, -0.25) is 4.79 Å². The number of hydrogen-bond acceptors (Lipinski definition) is 2. The predicted octanol–water partition coefficient (Wildman–Crippen LogP) is 3.38. The van der Waals surface area contributed by atoms with E-state index in [0.717, 1.165) is 12.8 Å². The maximum Gasteiger partial charge on any atom is 0.308 e. The van der Waals surface area contributed by atoms with Gasteiger partial charge in [-0.05, 0) is 38.2 Å². The molecule has 1 aromatic rings. The van der Waals surface area contributed by atoms with E-state index in [9.17, 15) is 4.79 Å². The van der Waals surface area contributed by atoms with E-state index in [1.165, 1.54) is 5.56 Å². The van der Waals surface area contributed by atoms with Crippen molar-refractivity contribution in [3.8, 4) is 12.3 Å². The quantitative estimate of drug-likeness (QED) is 0.746. The first-order valence-electron chi connectivity index (χ1n) is 7.34. The summed E-state index contributed by atoms with van der Waals surface area (Å²) >= 11 is 0. The number of benzene rings is 1. The van der Waals surface area contributed by atoms with Crippen LogP contribution in [0.1, 0.15) is 32.8 Å². The van der Waals surface area contributed by atoms with E-state index in [2.05, 4.69) is 18.1 Å². The average molecular weight is 288 g/mol. The van der Waals surface area contributed by atoms with E-state index in [1.807, 2.05) is 25.1 Å². The molecule has 0 spiro atoms. The van der Waals surface area contributed by atoms with Crippen LogP contribution < -0.4 is 0 Å². The first-order chi connectivity index (χ1) is 9.95. The van der Waals surface area contributed by atoms with Crippen molar-refractivity contribution in [2.45, 2.75) is 45.8 Å². The van der Waals surface area contributed by atoms with Crippen molar-refractivity contribution in [2.75, 3.05) is 0 Å². The van der Waals surface area contributed by atoms with Crippen LogP contribution >= 0.6 is 0 Å². The molecule has 4 unspecified atom stereocenters. The molecule has 0 fully saturated rings. The van der Waals surface area contributed by atoms with Crippen molar-refractivity contribution in [2.24, 2.45) is 11.8 Å². The molecule has 1 N–H and O–H groups in total. The maximum atomic E-state index is 11.0. The van der Waals surface area contributed by atoms with Gasteiger partial charge in [-0.15, -0.1) is 6.42 Å². The lowest BCUT2D eigenvalue weighted by Gasteiger charge is -2.25. The van der Waals surface area contributed by atoms with Gasteiger partial charge in [0.05, 0.1) is 12.0 Å². The van der Waals surface area contributed by atoms with Gasteiger partial charge in [0.1, 0.15) is 6.10 Å². The third-order valence-corrected chi connectivity index (χ3v) is 3.87. The number of carbonyl (C=O) groups is 1. The lowest BCUT2D eigenvalue weighted by Crippen LogP contribution is -2.32. The van der Waals surface area contributed by atoms with E-state index in [4.69, 9.17) is 16.3 Å². The molecule has 0 saturated carbocycles. The minimum absolute atomic E-state index is 0.179. The zero-order valence-corrected chi connectivity index (χ0v) is 13.0. The Morgan fingerprint density at radius 2 is 1.90 bits per heavy atom. The first kappa shape index (κ1) is 17.3. The molecule has 114 valence electrons. The van der Waals surface area contributed by atoms with Crippen molar-refractivity contribution < 1.29 is 14.6 Å². The van der Waals surface area contributed by atoms with Gasteiger partial charge in [0.25, 0.3) is 0 Å². The van der Waals surface area contributed by atoms with Crippen molar-refractivity contribution >= 4 is 5.97 Å². The Labute approximate surface area is 127 Å². The van der Waals surface area contributed by atoms with Crippen molar-refractivity contribution in [1.29, 1.82) is 0 Å². The van der Waals surface area contributed by atoms with Crippen LogP contribution in [0.25, 0.3) is 0 Å². The van der Waals surface area contributed by atoms with Crippen LogP contribution in [0.15, 0.2) is 30.3 Å². The standard InChI is InChI=1S/C18H24O3/c1-5-17(21-15(4)14(3)18(19)20)13(2)11-12-16-9-7-6-8-10-16/h1,6-10,13-15,17H,11-12H2,2-4H3,(H,19,20). The van der Waals surface area contributed by atoms with Crippen LogP contribution in [0, 0.1) is 24.2 Å². The SMILES string of the molecule is C#CC(OC(C)C(C)C(=O)O)C(C)CCc1ccccc1. The van der Waals surface area contributed by atoms with Gasteiger partial charge in [0, 0.05) is 0 Å². The van der Waals surface area contributed by atoms with Gasteiger partial charge in [-0.1, -0.05) is 43.2 Å². The second-order valence-electron chi connectivity index (χ2n) is 5.56. The molecule has 0 bridgehead atoms. The molecule has 1 rings (SSSR count). The van der Waals surface area contributed by atoms with Crippen molar-refractivity contribution in [3.63, 3.8) is 0 Å². The zero-order chi connectivity index (χ0) is 15.8. The Morgan fingerprint density at radius 3 is 2.43 bits per heavy atom. The summed E-state index contributed by atoms with van der Waals surface area (Å²) in [4.78, 5) is 11.0. The largest absolute Gasteiger partial charge is 0.481 e. The van der Waals surface area contributed by atoms with Crippen LogP contribution in [0.3, 0.4) is 0 Å². The van der Waals surface area contributed by atoms with E-state index in [-0.39, 0.29) is 12.0 Å². The van der Waals surface area contributed by atoms with E-state index in [1.54, 1.807) is 13.8 Å². The van der Waals surface area contributed by atoms with Gasteiger partial charge in [-0.2, -0.15) is 0 Å². The fraction of sp³-hybridized carbons (Fsp3) is 0.500. The molecular weight excluding hydrogens is 264 g/mol. The van der Waals surface area contributed by atoms with Gasteiger partial charge >= 0.3 is 5.97 Å². The number of aryl methyl sites for hydroxylation is 1. The minimum Gasteiger partial charge on any atom is -0.481 e. The number of hydrogen-bond donors (Lipinski definition) is 1. The summed E-state index contributed by atoms with van der Waals surface area (Å²) in [7, 11) is 0. The van der Waals surface area contributed by atoms with Gasteiger partial charge in [-0.25, -0.2) is 0 Å². The molecule has 3 nitrogen and oxygen atoms in total. The second-order valence-corrected chi connectivity index (χ2v) is 5.56. The molecule has 0 heterocycles. The summed E-state index contributed by atoms with van der Waals surface area (Å²) in [6.07, 6.45) is 6.64. The van der Waals surface area contributed by atoms with Crippen LogP contribution in [0.5, 0.6) is 0 Å². The summed E-state index contributed by atoms with van der Waals surface area (Å²) < 4.78 is 5.76. The van der Waals surface area contributed by atoms with E-state index < -0.39 is 18.0 Å². The predicted molar refractivity (Wildman–Crippen MR) is 83.9 cm³/mol. The summed E-state index contributed by atoms with van der Waals surface area (Å²) in [6, 6.07) is 10.2. The highest BCUT2D eigenvalue weighted by atomic mass is 16.5. The number of aliphatic carboxylic acids is 1. The third-order valence-electron chi connectivity index (χ3n) is 3.87. The fourth-order valence-corrected chi connectivity index (χ4v) is 2.08. The molecule has 3 heteroatoms. The number of carboxylic acids is 1. The highest BCUT2D eigenvalue weighted by Crippen LogP contribution is 2.19. The normalized spacial score (nSPS) is 16.5. The first-order valence-corrected chi connectivity index (χ1v) is 7.34. The topological polar surface area (TPSA) is 46.5 Å². The fourth-order valence-electron chi connectivity index (χ4n) is 2.08.